The molecular weight excluding hydrogens is 318 g/mol. The highest BCUT2D eigenvalue weighted by Gasteiger charge is 2.63. The largest absolute Gasteiger partial charge is 0.474 e. The minimum atomic E-state index is -2.98. The molecule has 0 saturated carbocycles. The van der Waals surface area contributed by atoms with Gasteiger partial charge < -0.3 is 5.11 Å². The van der Waals surface area contributed by atoms with Crippen LogP contribution in [0.3, 0.4) is 0 Å². The van der Waals surface area contributed by atoms with Gasteiger partial charge in [0.2, 0.25) is 0 Å². The van der Waals surface area contributed by atoms with Gasteiger partial charge in [0.05, 0.1) is 11.3 Å². The Labute approximate surface area is 136 Å². The number of rotatable bonds is 7. The fourth-order valence-electron chi connectivity index (χ4n) is 2.35. The molecule has 0 aliphatic rings. The van der Waals surface area contributed by atoms with Crippen molar-refractivity contribution < 1.29 is 19.9 Å². The summed E-state index contributed by atoms with van der Waals surface area (Å²) in [6.45, 7) is 0. The van der Waals surface area contributed by atoms with Gasteiger partial charge in [-0.15, -0.1) is 0 Å². The summed E-state index contributed by atoms with van der Waals surface area (Å²) >= 11 is 0. The van der Waals surface area contributed by atoms with Gasteiger partial charge in [0.25, 0.3) is 0 Å². The van der Waals surface area contributed by atoms with E-state index in [1.165, 1.54) is 36.4 Å². The number of carboxylic acids is 1. The molecular formula is C15H13N3O6. The molecule has 2 aromatic carbocycles. The lowest BCUT2D eigenvalue weighted by Crippen LogP contribution is -2.64. The summed E-state index contributed by atoms with van der Waals surface area (Å²) in [5, 5.41) is 31.7. The smallest absolute Gasteiger partial charge is 0.448 e. The number of para-hydroxylation sites is 1. The molecule has 124 valence electrons. The van der Waals surface area contributed by atoms with Crippen LogP contribution in [0.5, 0.6) is 0 Å². The lowest BCUT2D eigenvalue weighted by atomic mass is 9.98. The number of nitrogens with zero attached hydrogens (tertiary/aromatic N) is 3. The molecule has 0 fully saturated rings. The van der Waals surface area contributed by atoms with Crippen molar-refractivity contribution in [3.63, 3.8) is 0 Å². The van der Waals surface area contributed by atoms with Crippen LogP contribution in [-0.2, 0) is 11.2 Å². The fraction of sp³-hybridized carbons (Fsp3) is 0.133. The molecule has 2 aromatic rings. The summed E-state index contributed by atoms with van der Waals surface area (Å²) in [4.78, 5) is 33.8. The van der Waals surface area contributed by atoms with E-state index in [9.17, 15) is 30.1 Å². The molecule has 0 amide bonds. The molecule has 0 radical (unpaired) electrons. The molecule has 0 aliphatic heterocycles. The topological polar surface area (TPSA) is 127 Å². The van der Waals surface area contributed by atoms with Crippen LogP contribution in [0, 0.1) is 20.2 Å². The number of hydrogen-bond acceptors (Lipinski definition) is 5. The van der Waals surface area contributed by atoms with Crippen LogP contribution in [0.25, 0.3) is 0 Å². The molecule has 2 rings (SSSR count). The zero-order valence-electron chi connectivity index (χ0n) is 12.3. The van der Waals surface area contributed by atoms with Crippen LogP contribution in [0.15, 0.2) is 60.7 Å². The van der Waals surface area contributed by atoms with Gasteiger partial charge in [-0.3, -0.25) is 10.1 Å². The average molecular weight is 331 g/mol. The molecule has 9 heteroatoms. The summed E-state index contributed by atoms with van der Waals surface area (Å²) in [6.07, 6.45) is -0.675. The normalized spacial score (nSPS) is 12.8. The van der Waals surface area contributed by atoms with Crippen molar-refractivity contribution in [1.29, 1.82) is 0 Å². The number of aliphatic carboxylic acids is 1. The predicted octanol–water partition coefficient (Wildman–Crippen LogP) is 1.98. The van der Waals surface area contributed by atoms with Crippen LogP contribution < -0.4 is 5.01 Å². The molecule has 0 spiro atoms. The van der Waals surface area contributed by atoms with Crippen molar-refractivity contribution in [2.24, 2.45) is 0 Å². The Hall–Kier alpha value is -3.49. The minimum absolute atomic E-state index is 0.0856. The number of benzene rings is 2. The number of carbonyl (C=O) groups is 1. The Bertz CT molecular complexity index is 736. The maximum Gasteiger partial charge on any atom is 0.448 e. The number of anilines is 1. The van der Waals surface area contributed by atoms with E-state index in [1.807, 2.05) is 0 Å². The number of carboxylic acid groups (broad SMARTS) is 1. The van der Waals surface area contributed by atoms with E-state index in [1.54, 1.807) is 24.3 Å². The van der Waals surface area contributed by atoms with E-state index >= 15 is 0 Å². The maximum atomic E-state index is 11.8. The first kappa shape index (κ1) is 16.9. The van der Waals surface area contributed by atoms with Crippen LogP contribution in [-0.4, -0.2) is 26.7 Å². The van der Waals surface area contributed by atoms with Crippen LogP contribution in [0.2, 0.25) is 0 Å². The second kappa shape index (κ2) is 6.73. The molecule has 0 unspecified atom stereocenters. The average Bonchev–Trinajstić information content (AvgIpc) is 2.55. The first-order valence-electron chi connectivity index (χ1n) is 6.81. The van der Waals surface area contributed by atoms with Crippen molar-refractivity contribution >= 4 is 11.7 Å². The molecule has 24 heavy (non-hydrogen) atoms. The second-order valence-electron chi connectivity index (χ2n) is 4.93. The Morgan fingerprint density at radius 2 is 1.50 bits per heavy atom. The van der Waals surface area contributed by atoms with Gasteiger partial charge in [0.1, 0.15) is 5.69 Å². The lowest BCUT2D eigenvalue weighted by Gasteiger charge is -2.26. The minimum Gasteiger partial charge on any atom is -0.474 e. The van der Waals surface area contributed by atoms with E-state index in [2.05, 4.69) is 0 Å². The molecule has 1 atom stereocenters. The van der Waals surface area contributed by atoms with E-state index < -0.39 is 28.0 Å². The highest BCUT2D eigenvalue weighted by atomic mass is 16.7. The van der Waals surface area contributed by atoms with Gasteiger partial charge in [0.15, 0.2) is 5.03 Å². The molecule has 0 aliphatic carbocycles. The molecule has 0 saturated heterocycles. The van der Waals surface area contributed by atoms with E-state index in [0.29, 0.717) is 5.56 Å². The maximum absolute atomic E-state index is 11.8. The van der Waals surface area contributed by atoms with Gasteiger partial charge in [-0.25, -0.2) is 14.9 Å². The Kier molecular flexibility index (Phi) is 4.73. The monoisotopic (exact) mass is 331 g/mol. The van der Waals surface area contributed by atoms with Gasteiger partial charge in [-0.2, -0.15) is 0 Å². The highest BCUT2D eigenvalue weighted by molar-refractivity contribution is 5.81. The summed E-state index contributed by atoms with van der Waals surface area (Å²) in [6, 6.07) is 14.7. The van der Waals surface area contributed by atoms with E-state index in [-0.39, 0.29) is 10.7 Å². The van der Waals surface area contributed by atoms with Crippen LogP contribution in [0.4, 0.5) is 5.69 Å². The van der Waals surface area contributed by atoms with Gasteiger partial charge in [-0.05, 0) is 22.7 Å². The zero-order chi connectivity index (χ0) is 17.7. The van der Waals surface area contributed by atoms with Gasteiger partial charge >= 0.3 is 11.6 Å². The third-order valence-electron chi connectivity index (χ3n) is 3.45. The summed E-state index contributed by atoms with van der Waals surface area (Å²) in [5.41, 5.74) is -2.89. The molecule has 0 heterocycles. The summed E-state index contributed by atoms with van der Waals surface area (Å²) in [5.74, 6) is -1.92. The quantitative estimate of drug-likeness (QED) is 0.467. The lowest BCUT2D eigenvalue weighted by molar-refractivity contribution is -0.624. The van der Waals surface area contributed by atoms with Crippen molar-refractivity contribution in [2.75, 3.05) is 5.01 Å². The van der Waals surface area contributed by atoms with Crippen molar-refractivity contribution in [1.82, 2.24) is 0 Å². The highest BCUT2D eigenvalue weighted by Crippen LogP contribution is 2.29. The third-order valence-corrected chi connectivity index (χ3v) is 3.45. The second-order valence-corrected chi connectivity index (χ2v) is 4.93. The zero-order valence-corrected chi connectivity index (χ0v) is 12.3. The third kappa shape index (κ3) is 3.00. The summed E-state index contributed by atoms with van der Waals surface area (Å²) in [7, 11) is 0. The van der Waals surface area contributed by atoms with E-state index in [0.717, 1.165) is 0 Å². The standard InChI is InChI=1S/C15H13N3O6/c19-14(20)15(17(21)22,11-12-7-3-1-4-8-12)16(18(23)24)13-9-5-2-6-10-13/h1-10H,11H2,(H,19,20)/t15-/m1/s1. The molecule has 9 nitrogen and oxygen atoms in total. The first-order chi connectivity index (χ1) is 11.4. The summed E-state index contributed by atoms with van der Waals surface area (Å²) < 4.78 is 0. The van der Waals surface area contributed by atoms with Gasteiger partial charge in [0, 0.05) is 0 Å². The number of nitro groups is 2. The Balaban J connectivity index is 2.65. The van der Waals surface area contributed by atoms with Crippen LogP contribution in [0.1, 0.15) is 5.56 Å². The SMILES string of the molecule is O=C(O)[C@](Cc1ccccc1)(N(c1ccccc1)[N+](=O)[O-])[N+](=O)[O-]. The predicted molar refractivity (Wildman–Crippen MR) is 83.4 cm³/mol. The number of hydrazine groups is 1. The Morgan fingerprint density at radius 3 is 1.92 bits per heavy atom. The fourth-order valence-corrected chi connectivity index (χ4v) is 2.35. The number of hydrogen-bond donors (Lipinski definition) is 1. The van der Waals surface area contributed by atoms with Gasteiger partial charge in [-0.1, -0.05) is 48.5 Å². The van der Waals surface area contributed by atoms with Crippen molar-refractivity contribution in [3.05, 3.63) is 86.5 Å². The van der Waals surface area contributed by atoms with Crippen LogP contribution >= 0.6 is 0 Å². The van der Waals surface area contributed by atoms with Crippen molar-refractivity contribution in [2.45, 2.75) is 12.1 Å². The molecule has 0 bridgehead atoms. The molecule has 0 aromatic heterocycles. The Morgan fingerprint density at radius 1 is 1.00 bits per heavy atom. The molecule has 1 N–H and O–H groups in total. The van der Waals surface area contributed by atoms with E-state index in [4.69, 9.17) is 0 Å². The van der Waals surface area contributed by atoms with Crippen molar-refractivity contribution in [3.8, 4) is 0 Å². The first-order valence-corrected chi connectivity index (χ1v) is 6.81.